The largest absolute Gasteiger partial charge is 0.380 e. The third-order valence-electron chi connectivity index (χ3n) is 0.766. The zero-order chi connectivity index (χ0) is 7.49. The molecule has 0 saturated carbocycles. The van der Waals surface area contributed by atoms with Crippen LogP contribution < -0.4 is 0 Å². The van der Waals surface area contributed by atoms with Crippen molar-refractivity contribution in [3.05, 3.63) is 12.7 Å². The summed E-state index contributed by atoms with van der Waals surface area (Å²) in [6.45, 7) is 3.21. The quantitative estimate of drug-likeness (QED) is 0.394. The van der Waals surface area contributed by atoms with Gasteiger partial charge in [0.1, 0.15) is 0 Å². The van der Waals surface area contributed by atoms with Crippen LogP contribution in [0.4, 0.5) is 0 Å². The number of aliphatic hydroxyl groups excluding tert-OH is 1. The molecule has 0 aliphatic rings. The molecular weight excluding hydrogens is 143 g/mol. The first kappa shape index (κ1) is 8.85. The summed E-state index contributed by atoms with van der Waals surface area (Å²) in [6.07, 6.45) is 1.17. The molecule has 0 amide bonds. The Morgan fingerprint density at radius 1 is 1.67 bits per heavy atom. The third-order valence-corrected chi connectivity index (χ3v) is 1.75. The van der Waals surface area contributed by atoms with Crippen molar-refractivity contribution in [3.8, 4) is 0 Å². The molecule has 0 aromatic rings. The van der Waals surface area contributed by atoms with E-state index >= 15 is 0 Å². The van der Waals surface area contributed by atoms with Gasteiger partial charge in [-0.3, -0.25) is 4.57 Å². The lowest BCUT2D eigenvalue weighted by Crippen LogP contribution is -2.04. The summed E-state index contributed by atoms with van der Waals surface area (Å²) in [5.41, 5.74) is 0. The van der Waals surface area contributed by atoms with Gasteiger partial charge in [0.05, 0.1) is 0 Å². The lowest BCUT2D eigenvalue weighted by Gasteiger charge is -2.08. The second kappa shape index (κ2) is 3.13. The Morgan fingerprint density at radius 3 is 2.22 bits per heavy atom. The van der Waals surface area contributed by atoms with Gasteiger partial charge in [-0.1, -0.05) is 6.08 Å². The van der Waals surface area contributed by atoms with Crippen molar-refractivity contribution in [1.82, 2.24) is 0 Å². The Hall–Kier alpha value is -0.150. The summed E-state index contributed by atoms with van der Waals surface area (Å²) >= 11 is 0. The highest BCUT2D eigenvalue weighted by Gasteiger charge is 2.23. The van der Waals surface area contributed by atoms with E-state index in [0.717, 1.165) is 0 Å². The first-order valence-corrected chi connectivity index (χ1v) is 4.01. The monoisotopic (exact) mass is 152 g/mol. The van der Waals surface area contributed by atoms with Crippen molar-refractivity contribution in [3.63, 3.8) is 0 Å². The van der Waals surface area contributed by atoms with Gasteiger partial charge >= 0.3 is 7.60 Å². The van der Waals surface area contributed by atoms with Crippen LogP contribution in [0.5, 0.6) is 0 Å². The molecule has 54 valence electrons. The highest BCUT2D eigenvalue weighted by Crippen LogP contribution is 2.40. The Morgan fingerprint density at radius 2 is 2.11 bits per heavy atom. The van der Waals surface area contributed by atoms with Crippen molar-refractivity contribution in [2.24, 2.45) is 0 Å². The summed E-state index contributed by atoms with van der Waals surface area (Å²) in [5.74, 6) is -1.59. The molecule has 0 aliphatic heterocycles. The van der Waals surface area contributed by atoms with Crippen LogP contribution in [0, 0.1) is 0 Å². The molecule has 0 heterocycles. The van der Waals surface area contributed by atoms with Crippen molar-refractivity contribution in [1.29, 1.82) is 0 Å². The zero-order valence-corrected chi connectivity index (χ0v) is 5.66. The Labute approximate surface area is 53.0 Å². The summed E-state index contributed by atoms with van der Waals surface area (Å²) in [5, 5.41) is 8.55. The molecule has 0 bridgehead atoms. The molecule has 0 radical (unpaired) electrons. The van der Waals surface area contributed by atoms with Gasteiger partial charge in [0.15, 0.2) is 5.85 Å². The fraction of sp³-hybridized carbons (Fsp3) is 0.500. The van der Waals surface area contributed by atoms with Gasteiger partial charge < -0.3 is 14.9 Å². The van der Waals surface area contributed by atoms with Gasteiger partial charge in [0, 0.05) is 6.42 Å². The van der Waals surface area contributed by atoms with E-state index in [9.17, 15) is 4.57 Å². The fourth-order valence-corrected chi connectivity index (χ4v) is 0.710. The second-order valence-electron chi connectivity index (χ2n) is 1.59. The van der Waals surface area contributed by atoms with Crippen LogP contribution in [-0.2, 0) is 4.57 Å². The molecule has 0 rings (SSSR count). The van der Waals surface area contributed by atoms with E-state index in [-0.39, 0.29) is 6.42 Å². The average molecular weight is 152 g/mol. The van der Waals surface area contributed by atoms with E-state index in [1.54, 1.807) is 0 Å². The summed E-state index contributed by atoms with van der Waals surface area (Å²) in [7, 11) is -4.29. The molecule has 5 heteroatoms. The number of hydrogen-bond acceptors (Lipinski definition) is 2. The summed E-state index contributed by atoms with van der Waals surface area (Å²) < 4.78 is 10.1. The van der Waals surface area contributed by atoms with E-state index in [4.69, 9.17) is 14.9 Å². The molecule has 0 aliphatic carbocycles. The highest BCUT2D eigenvalue weighted by molar-refractivity contribution is 7.52. The maximum absolute atomic E-state index is 10.1. The Balaban J connectivity index is 3.88. The van der Waals surface area contributed by atoms with E-state index < -0.39 is 13.4 Å². The lowest BCUT2D eigenvalue weighted by atomic mass is 10.5. The minimum atomic E-state index is -4.29. The summed E-state index contributed by atoms with van der Waals surface area (Å²) in [4.78, 5) is 16.5. The zero-order valence-electron chi connectivity index (χ0n) is 4.77. The molecule has 0 spiro atoms. The fourth-order valence-electron chi connectivity index (χ4n) is 0.286. The van der Waals surface area contributed by atoms with Crippen LogP contribution in [-0.4, -0.2) is 20.7 Å². The maximum atomic E-state index is 10.1. The molecular formula is C4H9O4P. The van der Waals surface area contributed by atoms with Crippen molar-refractivity contribution in [2.45, 2.75) is 12.3 Å². The average Bonchev–Trinajstić information content (AvgIpc) is 1.64. The van der Waals surface area contributed by atoms with Crippen LogP contribution >= 0.6 is 7.60 Å². The number of rotatable bonds is 3. The van der Waals surface area contributed by atoms with Crippen LogP contribution in [0.15, 0.2) is 12.7 Å². The second-order valence-corrected chi connectivity index (χ2v) is 3.37. The van der Waals surface area contributed by atoms with E-state index in [0.29, 0.717) is 0 Å². The first-order chi connectivity index (χ1) is 3.98. The number of aliphatic hydroxyl groups is 1. The van der Waals surface area contributed by atoms with Gasteiger partial charge in [0.2, 0.25) is 0 Å². The van der Waals surface area contributed by atoms with E-state index in [2.05, 4.69) is 6.58 Å². The lowest BCUT2D eigenvalue weighted by molar-refractivity contribution is 0.205. The van der Waals surface area contributed by atoms with Crippen molar-refractivity contribution in [2.75, 3.05) is 0 Å². The van der Waals surface area contributed by atoms with Crippen LogP contribution in [0.3, 0.4) is 0 Å². The minimum absolute atomic E-state index is 0.0791. The number of hydrogen-bond donors (Lipinski definition) is 3. The molecule has 0 aromatic carbocycles. The standard InChI is InChI=1S/C4H9O4P/c1-2-3-4(5)9(6,7)8/h2,4-5H,1,3H2,(H2,6,7,8). The van der Waals surface area contributed by atoms with Crippen molar-refractivity contribution < 1.29 is 19.5 Å². The molecule has 3 N–H and O–H groups in total. The van der Waals surface area contributed by atoms with Gasteiger partial charge in [-0.15, -0.1) is 6.58 Å². The smallest absolute Gasteiger partial charge is 0.354 e. The molecule has 0 aromatic heterocycles. The van der Waals surface area contributed by atoms with Gasteiger partial charge in [-0.25, -0.2) is 0 Å². The molecule has 0 fully saturated rings. The predicted octanol–water partition coefficient (Wildman–Crippen LogP) is 0.0586. The van der Waals surface area contributed by atoms with Gasteiger partial charge in [0.25, 0.3) is 0 Å². The highest BCUT2D eigenvalue weighted by atomic mass is 31.2. The van der Waals surface area contributed by atoms with E-state index in [1.165, 1.54) is 6.08 Å². The minimum Gasteiger partial charge on any atom is -0.380 e. The molecule has 0 saturated heterocycles. The molecule has 1 unspecified atom stereocenters. The molecule has 9 heavy (non-hydrogen) atoms. The topological polar surface area (TPSA) is 77.8 Å². The Bertz CT molecular complexity index is 138. The predicted molar refractivity (Wildman–Crippen MR) is 32.9 cm³/mol. The first-order valence-electron chi connectivity index (χ1n) is 2.32. The van der Waals surface area contributed by atoms with Crippen LogP contribution in [0.1, 0.15) is 6.42 Å². The van der Waals surface area contributed by atoms with Gasteiger partial charge in [-0.05, 0) is 0 Å². The summed E-state index contributed by atoms with van der Waals surface area (Å²) in [6, 6.07) is 0. The van der Waals surface area contributed by atoms with E-state index in [1.807, 2.05) is 0 Å². The maximum Gasteiger partial charge on any atom is 0.354 e. The normalized spacial score (nSPS) is 15.0. The SMILES string of the molecule is C=CCC(O)P(=O)(O)O. The van der Waals surface area contributed by atoms with Crippen molar-refractivity contribution >= 4 is 7.60 Å². The molecule has 4 nitrogen and oxygen atoms in total. The van der Waals surface area contributed by atoms with Crippen LogP contribution in [0.25, 0.3) is 0 Å². The van der Waals surface area contributed by atoms with Gasteiger partial charge in [-0.2, -0.15) is 0 Å². The third kappa shape index (κ3) is 3.43. The molecule has 1 atom stereocenters. The Kier molecular flexibility index (Phi) is 3.08. The van der Waals surface area contributed by atoms with Crippen LogP contribution in [0.2, 0.25) is 0 Å².